The van der Waals surface area contributed by atoms with Crippen molar-refractivity contribution >= 4 is 33.7 Å². The summed E-state index contributed by atoms with van der Waals surface area (Å²) >= 11 is 1.45. The van der Waals surface area contributed by atoms with E-state index >= 15 is 0 Å². The van der Waals surface area contributed by atoms with E-state index in [2.05, 4.69) is 15.0 Å². The van der Waals surface area contributed by atoms with Gasteiger partial charge in [-0.15, -0.1) is 11.3 Å². The zero-order valence-electron chi connectivity index (χ0n) is 18.3. The molecular weight excluding hydrogens is 440 g/mol. The third-order valence-electron chi connectivity index (χ3n) is 5.96. The molecule has 0 atom stereocenters. The summed E-state index contributed by atoms with van der Waals surface area (Å²) in [5.41, 5.74) is 2.58. The maximum Gasteiger partial charge on any atom is 0.280 e. The lowest BCUT2D eigenvalue weighted by molar-refractivity contribution is 0.0741. The van der Waals surface area contributed by atoms with Gasteiger partial charge >= 0.3 is 0 Å². The fourth-order valence-electron chi connectivity index (χ4n) is 4.09. The molecule has 1 fully saturated rings. The second kappa shape index (κ2) is 8.40. The number of pyridine rings is 1. The first-order chi connectivity index (χ1) is 15.9. The van der Waals surface area contributed by atoms with Gasteiger partial charge in [-0.25, -0.2) is 4.98 Å². The summed E-state index contributed by atoms with van der Waals surface area (Å²) in [6, 6.07) is 10.5. The molecule has 1 amide bonds. The van der Waals surface area contributed by atoms with Crippen molar-refractivity contribution in [3.05, 3.63) is 80.4 Å². The molecule has 1 aliphatic rings. The molecule has 1 aromatic carbocycles. The maximum absolute atomic E-state index is 13.5. The van der Waals surface area contributed by atoms with Crippen molar-refractivity contribution in [2.45, 2.75) is 13.8 Å². The topological polar surface area (TPSA) is 71.3 Å². The Labute approximate surface area is 193 Å². The van der Waals surface area contributed by atoms with Crippen LogP contribution in [0.4, 0.5) is 10.1 Å². The van der Waals surface area contributed by atoms with E-state index in [0.29, 0.717) is 42.6 Å². The van der Waals surface area contributed by atoms with Gasteiger partial charge in [-0.1, -0.05) is 17.7 Å². The molecule has 4 heterocycles. The highest BCUT2D eigenvalue weighted by Crippen LogP contribution is 2.26. The van der Waals surface area contributed by atoms with Gasteiger partial charge in [-0.3, -0.25) is 9.59 Å². The Kier molecular flexibility index (Phi) is 5.41. The molecule has 5 rings (SSSR count). The first-order valence-electron chi connectivity index (χ1n) is 10.7. The molecule has 1 aliphatic heterocycles. The van der Waals surface area contributed by atoms with Crippen LogP contribution in [0.3, 0.4) is 0 Å². The van der Waals surface area contributed by atoms with Gasteiger partial charge in [-0.2, -0.15) is 14.2 Å². The van der Waals surface area contributed by atoms with Crippen molar-refractivity contribution in [1.82, 2.24) is 19.7 Å². The van der Waals surface area contributed by atoms with Crippen LogP contribution in [-0.2, 0) is 0 Å². The number of aryl methyl sites for hydroxylation is 2. The highest BCUT2D eigenvalue weighted by molar-refractivity contribution is 7.11. The number of aromatic nitrogens is 3. The van der Waals surface area contributed by atoms with E-state index in [0.717, 1.165) is 16.1 Å². The number of amides is 1. The standard InChI is InChI=1S/C24H22FN5O2S/c1-15-3-5-17(6-4-15)30-23(31)21-16(2)33-14-19(21)22(27-30)24(32)29-11-9-28(10-12-29)18-7-8-20(25)26-13-18/h3-8,13-14H,9-12H2,1-2H3/i25-1. The number of thiophene rings is 1. The van der Waals surface area contributed by atoms with E-state index in [1.807, 2.05) is 43.5 Å². The SMILES string of the molecule is Cc1ccc(-n2nc(C(=O)N3CCN(c4ccc([18F])nc4)CC3)c3csc(C)c3c2=O)cc1. The zero-order valence-corrected chi connectivity index (χ0v) is 19.1. The van der Waals surface area contributed by atoms with Gasteiger partial charge in [0.05, 0.1) is 23.0 Å². The number of carbonyl (C=O) groups excluding carboxylic acids is 1. The molecule has 0 N–H and O–H groups in total. The molecule has 1 saturated heterocycles. The summed E-state index contributed by atoms with van der Waals surface area (Å²) in [6.07, 6.45) is 1.50. The molecule has 4 aromatic rings. The molecule has 168 valence electrons. The molecular formula is C24H22FN5O2S. The van der Waals surface area contributed by atoms with Crippen LogP contribution in [-0.4, -0.2) is 51.8 Å². The summed E-state index contributed by atoms with van der Waals surface area (Å²) in [5, 5.41) is 7.50. The van der Waals surface area contributed by atoms with Gasteiger partial charge in [0.15, 0.2) is 5.69 Å². The Balaban J connectivity index is 1.47. The Morgan fingerprint density at radius 2 is 1.70 bits per heavy atom. The Bertz CT molecular complexity index is 1390. The lowest BCUT2D eigenvalue weighted by atomic mass is 10.1. The van der Waals surface area contributed by atoms with Gasteiger partial charge in [-0.05, 0) is 38.1 Å². The lowest BCUT2D eigenvalue weighted by Crippen LogP contribution is -2.49. The molecule has 9 heteroatoms. The minimum absolute atomic E-state index is 0.199. The second-order valence-corrected chi connectivity index (χ2v) is 9.18. The van der Waals surface area contributed by atoms with Crippen LogP contribution >= 0.6 is 11.3 Å². The number of fused-ring (bicyclic) bond motifs is 1. The van der Waals surface area contributed by atoms with E-state index in [1.54, 1.807) is 11.0 Å². The van der Waals surface area contributed by atoms with Crippen molar-refractivity contribution in [2.75, 3.05) is 31.1 Å². The summed E-state index contributed by atoms with van der Waals surface area (Å²) in [7, 11) is 0. The van der Waals surface area contributed by atoms with Crippen LogP contribution in [0.1, 0.15) is 20.9 Å². The van der Waals surface area contributed by atoms with E-state index in [4.69, 9.17) is 0 Å². The van der Waals surface area contributed by atoms with Crippen LogP contribution in [0.25, 0.3) is 16.5 Å². The summed E-state index contributed by atoms with van der Waals surface area (Å²) < 4.78 is 14.5. The third-order valence-corrected chi connectivity index (χ3v) is 6.87. The van der Waals surface area contributed by atoms with Crippen molar-refractivity contribution in [1.29, 1.82) is 0 Å². The number of hydrogen-bond acceptors (Lipinski definition) is 6. The predicted molar refractivity (Wildman–Crippen MR) is 127 cm³/mol. The van der Waals surface area contributed by atoms with Crippen molar-refractivity contribution in [3.63, 3.8) is 0 Å². The van der Waals surface area contributed by atoms with Crippen molar-refractivity contribution in [3.8, 4) is 5.69 Å². The number of anilines is 1. The molecule has 3 aromatic heterocycles. The Morgan fingerprint density at radius 3 is 2.36 bits per heavy atom. The zero-order chi connectivity index (χ0) is 23.1. The Morgan fingerprint density at radius 1 is 1.00 bits per heavy atom. The maximum atomic E-state index is 13.5. The molecule has 0 unspecified atom stereocenters. The van der Waals surface area contributed by atoms with Crippen LogP contribution in [0.5, 0.6) is 0 Å². The molecule has 33 heavy (non-hydrogen) atoms. The van der Waals surface area contributed by atoms with E-state index in [-0.39, 0.29) is 17.2 Å². The molecule has 0 saturated carbocycles. The van der Waals surface area contributed by atoms with Crippen LogP contribution in [0.2, 0.25) is 0 Å². The highest BCUT2D eigenvalue weighted by Gasteiger charge is 2.27. The number of halogens is 1. The van der Waals surface area contributed by atoms with Gasteiger partial charge in [0.2, 0.25) is 5.95 Å². The number of piperazine rings is 1. The average molecular weight is 463 g/mol. The normalized spacial score (nSPS) is 14.2. The lowest BCUT2D eigenvalue weighted by Gasteiger charge is -2.35. The monoisotopic (exact) mass is 462 g/mol. The third kappa shape index (κ3) is 3.89. The quantitative estimate of drug-likeness (QED) is 0.436. The van der Waals surface area contributed by atoms with E-state index < -0.39 is 5.95 Å². The molecule has 7 nitrogen and oxygen atoms in total. The van der Waals surface area contributed by atoms with Gasteiger partial charge in [0.1, 0.15) is 0 Å². The first-order valence-corrected chi connectivity index (χ1v) is 11.5. The van der Waals surface area contributed by atoms with Gasteiger partial charge in [0.25, 0.3) is 11.5 Å². The predicted octanol–water partition coefficient (Wildman–Crippen LogP) is 3.56. The van der Waals surface area contributed by atoms with E-state index in [9.17, 15) is 14.0 Å². The molecule has 0 radical (unpaired) electrons. The highest BCUT2D eigenvalue weighted by atomic mass is 32.1. The minimum atomic E-state index is -0.516. The second-order valence-electron chi connectivity index (χ2n) is 8.10. The van der Waals surface area contributed by atoms with Crippen molar-refractivity contribution < 1.29 is 9.18 Å². The number of rotatable bonds is 3. The molecule has 0 bridgehead atoms. The first kappa shape index (κ1) is 21.3. The summed E-state index contributed by atoms with van der Waals surface area (Å²) in [6.45, 7) is 6.05. The average Bonchev–Trinajstić information content (AvgIpc) is 3.22. The van der Waals surface area contributed by atoms with Crippen LogP contribution in [0, 0.1) is 19.8 Å². The number of nitrogens with zero attached hydrogens (tertiary/aromatic N) is 5. The van der Waals surface area contributed by atoms with Crippen LogP contribution < -0.4 is 10.5 Å². The summed E-state index contributed by atoms with van der Waals surface area (Å²) in [5.74, 6) is -0.715. The molecule has 0 aliphatic carbocycles. The largest absolute Gasteiger partial charge is 0.367 e. The summed E-state index contributed by atoms with van der Waals surface area (Å²) in [4.78, 5) is 35.1. The smallest absolute Gasteiger partial charge is 0.280 e. The van der Waals surface area contributed by atoms with Gasteiger partial charge in [0, 0.05) is 41.8 Å². The van der Waals surface area contributed by atoms with Gasteiger partial charge < -0.3 is 9.80 Å². The fourth-order valence-corrected chi connectivity index (χ4v) is 4.93. The number of benzene rings is 1. The van der Waals surface area contributed by atoms with Crippen molar-refractivity contribution in [2.24, 2.45) is 0 Å². The minimum Gasteiger partial charge on any atom is -0.367 e. The molecule has 0 spiro atoms. The fraction of sp³-hybridized carbons (Fsp3) is 0.250. The van der Waals surface area contributed by atoms with E-state index in [1.165, 1.54) is 28.3 Å². The number of carbonyl (C=O) groups is 1. The Hall–Kier alpha value is -3.59. The van der Waals surface area contributed by atoms with Crippen LogP contribution in [0.15, 0.2) is 52.8 Å². The number of hydrogen-bond donors (Lipinski definition) is 0.